The fourth-order valence-electron chi connectivity index (χ4n) is 1.84. The monoisotopic (exact) mass is 347 g/mol. The number of amides is 1. The predicted octanol–water partition coefficient (Wildman–Crippen LogP) is 2.58. The Hall–Kier alpha value is -2.36. The quantitative estimate of drug-likeness (QED) is 0.775. The summed E-state index contributed by atoms with van der Waals surface area (Å²) in [5.74, 6) is -2.68. The molecule has 0 saturated carbocycles. The molecule has 0 spiro atoms. The zero-order valence-corrected chi connectivity index (χ0v) is 12.6. The summed E-state index contributed by atoms with van der Waals surface area (Å²) in [5, 5.41) is 13.2. The van der Waals surface area contributed by atoms with Crippen LogP contribution in [-0.2, 0) is 4.79 Å². The van der Waals surface area contributed by atoms with E-state index < -0.39 is 30.5 Å². The van der Waals surface area contributed by atoms with Gasteiger partial charge >= 0.3 is 12.1 Å². The van der Waals surface area contributed by atoms with Crippen molar-refractivity contribution in [2.75, 3.05) is 0 Å². The number of carboxylic acids is 1. The molecule has 0 saturated heterocycles. The molecular weight excluding hydrogens is 335 g/mol. The number of halogens is 3. The Morgan fingerprint density at radius 2 is 2.17 bits per heavy atom. The van der Waals surface area contributed by atoms with Crippen molar-refractivity contribution in [3.8, 4) is 11.3 Å². The van der Waals surface area contributed by atoms with Crippen molar-refractivity contribution in [3.63, 3.8) is 0 Å². The van der Waals surface area contributed by atoms with Gasteiger partial charge in [-0.15, -0.1) is 11.3 Å². The topological polar surface area (TPSA) is 95.1 Å². The van der Waals surface area contributed by atoms with E-state index in [1.54, 1.807) is 5.38 Å². The molecule has 3 N–H and O–H groups in total. The molecule has 1 unspecified atom stereocenters. The molecule has 6 nitrogen and oxygen atoms in total. The van der Waals surface area contributed by atoms with E-state index in [1.165, 1.54) is 23.6 Å². The van der Waals surface area contributed by atoms with Gasteiger partial charge in [0, 0.05) is 17.1 Å². The Morgan fingerprint density at radius 3 is 2.70 bits per heavy atom. The molecule has 0 aliphatic heterocycles. The molecular formula is C13H12F3N3O3S. The molecule has 124 valence electrons. The van der Waals surface area contributed by atoms with E-state index in [9.17, 15) is 22.8 Å². The maximum atomic E-state index is 12.3. The number of carbonyl (C=O) groups is 2. The van der Waals surface area contributed by atoms with E-state index in [0.717, 1.165) is 5.01 Å². The minimum Gasteiger partial charge on any atom is -0.480 e. The highest BCUT2D eigenvalue weighted by Crippen LogP contribution is 2.23. The maximum absolute atomic E-state index is 12.3. The number of hydrogen-bond donors (Lipinski definition) is 3. The molecule has 0 aliphatic rings. The Balaban J connectivity index is 2.11. The normalized spacial score (nSPS) is 12.9. The number of rotatable bonds is 5. The summed E-state index contributed by atoms with van der Waals surface area (Å²) >= 11 is 1.41. The molecule has 0 radical (unpaired) electrons. The van der Waals surface area contributed by atoms with Gasteiger partial charge in [-0.2, -0.15) is 13.2 Å². The third-order valence-corrected chi connectivity index (χ3v) is 3.65. The van der Waals surface area contributed by atoms with Gasteiger partial charge < -0.3 is 15.4 Å². The second-order valence-electron chi connectivity index (χ2n) is 4.74. The standard InChI is InChI=1S/C13H12F3N3O3S/c1-6-18-10(5-23-6)7-2-8(17-4-7)11(20)19-9(12(21)22)3-13(14,15)16/h2,4-5,9,17H,3H2,1H3,(H,19,20)(H,21,22). The summed E-state index contributed by atoms with van der Waals surface area (Å²) in [6, 6.07) is -0.646. The molecule has 23 heavy (non-hydrogen) atoms. The Morgan fingerprint density at radius 1 is 1.48 bits per heavy atom. The summed E-state index contributed by atoms with van der Waals surface area (Å²) in [4.78, 5) is 29.6. The van der Waals surface area contributed by atoms with Crippen LogP contribution < -0.4 is 5.32 Å². The van der Waals surface area contributed by atoms with Crippen LogP contribution in [0.3, 0.4) is 0 Å². The lowest BCUT2D eigenvalue weighted by atomic mass is 10.2. The van der Waals surface area contributed by atoms with Crippen LogP contribution in [0.1, 0.15) is 21.9 Å². The predicted molar refractivity (Wildman–Crippen MR) is 76.2 cm³/mol. The van der Waals surface area contributed by atoms with Crippen LogP contribution in [0.15, 0.2) is 17.6 Å². The zero-order valence-electron chi connectivity index (χ0n) is 11.8. The molecule has 10 heteroatoms. The number of aromatic nitrogens is 2. The maximum Gasteiger partial charge on any atom is 0.391 e. The van der Waals surface area contributed by atoms with Crippen LogP contribution in [0.2, 0.25) is 0 Å². The summed E-state index contributed by atoms with van der Waals surface area (Å²) in [7, 11) is 0. The summed E-state index contributed by atoms with van der Waals surface area (Å²) in [6.45, 7) is 1.81. The third kappa shape index (κ3) is 4.55. The van der Waals surface area contributed by atoms with Crippen molar-refractivity contribution in [2.45, 2.75) is 25.6 Å². The van der Waals surface area contributed by atoms with Crippen LogP contribution in [-0.4, -0.2) is 39.2 Å². The molecule has 2 aromatic heterocycles. The summed E-state index contributed by atoms with van der Waals surface area (Å²) in [6.07, 6.45) is -4.87. The Bertz CT molecular complexity index is 723. The zero-order chi connectivity index (χ0) is 17.2. The van der Waals surface area contributed by atoms with Gasteiger partial charge in [-0.3, -0.25) is 4.79 Å². The highest BCUT2D eigenvalue weighted by molar-refractivity contribution is 7.09. The number of thiazole rings is 1. The fraction of sp³-hybridized carbons (Fsp3) is 0.308. The number of aryl methyl sites for hydroxylation is 1. The lowest BCUT2D eigenvalue weighted by molar-refractivity contribution is -0.157. The van der Waals surface area contributed by atoms with Gasteiger partial charge in [-0.05, 0) is 13.0 Å². The Kier molecular flexibility index (Phi) is 4.73. The van der Waals surface area contributed by atoms with E-state index in [4.69, 9.17) is 5.11 Å². The number of aromatic amines is 1. The van der Waals surface area contributed by atoms with Crippen molar-refractivity contribution >= 4 is 23.2 Å². The lowest BCUT2D eigenvalue weighted by Crippen LogP contribution is -2.43. The van der Waals surface area contributed by atoms with Gasteiger partial charge in [0.1, 0.15) is 11.7 Å². The van der Waals surface area contributed by atoms with E-state index in [1.807, 2.05) is 12.2 Å². The summed E-state index contributed by atoms with van der Waals surface area (Å²) in [5.41, 5.74) is 1.16. The van der Waals surface area contributed by atoms with Crippen molar-refractivity contribution in [2.24, 2.45) is 0 Å². The molecule has 1 amide bonds. The SMILES string of the molecule is Cc1nc(-c2c[nH]c(C(=O)NC(CC(F)(F)F)C(=O)O)c2)cs1. The van der Waals surface area contributed by atoms with Crippen molar-refractivity contribution < 1.29 is 27.9 Å². The van der Waals surface area contributed by atoms with Crippen LogP contribution in [0.5, 0.6) is 0 Å². The van der Waals surface area contributed by atoms with Crippen LogP contribution in [0.25, 0.3) is 11.3 Å². The first-order valence-electron chi connectivity index (χ1n) is 6.37. The molecule has 0 aromatic carbocycles. The van der Waals surface area contributed by atoms with Gasteiger partial charge in [0.15, 0.2) is 0 Å². The van der Waals surface area contributed by atoms with Gasteiger partial charge in [-0.1, -0.05) is 0 Å². The Labute approximate surface area is 132 Å². The number of carboxylic acid groups (broad SMARTS) is 1. The fourth-order valence-corrected chi connectivity index (χ4v) is 2.46. The van der Waals surface area contributed by atoms with Crippen LogP contribution >= 0.6 is 11.3 Å². The third-order valence-electron chi connectivity index (χ3n) is 2.88. The van der Waals surface area contributed by atoms with E-state index in [2.05, 4.69) is 9.97 Å². The highest BCUT2D eigenvalue weighted by atomic mass is 32.1. The molecule has 2 heterocycles. The number of nitrogens with one attached hydrogen (secondary N) is 2. The first-order valence-corrected chi connectivity index (χ1v) is 7.25. The van der Waals surface area contributed by atoms with Crippen LogP contribution in [0, 0.1) is 6.92 Å². The largest absolute Gasteiger partial charge is 0.480 e. The highest BCUT2D eigenvalue weighted by Gasteiger charge is 2.36. The minimum absolute atomic E-state index is 0.0425. The molecule has 2 aromatic rings. The molecule has 0 aliphatic carbocycles. The van der Waals surface area contributed by atoms with Gasteiger partial charge in [-0.25, -0.2) is 9.78 Å². The van der Waals surface area contributed by atoms with E-state index in [-0.39, 0.29) is 5.69 Å². The molecule has 0 fully saturated rings. The molecule has 0 bridgehead atoms. The van der Waals surface area contributed by atoms with Gasteiger partial charge in [0.2, 0.25) is 0 Å². The first kappa shape index (κ1) is 17.0. The number of alkyl halides is 3. The molecule has 2 rings (SSSR count). The number of H-pyrrole nitrogens is 1. The van der Waals surface area contributed by atoms with Crippen molar-refractivity contribution in [1.29, 1.82) is 0 Å². The van der Waals surface area contributed by atoms with E-state index >= 15 is 0 Å². The first-order chi connectivity index (χ1) is 10.7. The number of carbonyl (C=O) groups excluding carboxylic acids is 1. The average molecular weight is 347 g/mol. The number of hydrogen-bond acceptors (Lipinski definition) is 4. The van der Waals surface area contributed by atoms with E-state index in [0.29, 0.717) is 11.3 Å². The lowest BCUT2D eigenvalue weighted by Gasteiger charge is -2.15. The smallest absolute Gasteiger partial charge is 0.391 e. The van der Waals surface area contributed by atoms with Crippen LogP contribution in [0.4, 0.5) is 13.2 Å². The van der Waals surface area contributed by atoms with Crippen molar-refractivity contribution in [1.82, 2.24) is 15.3 Å². The number of aliphatic carboxylic acids is 1. The average Bonchev–Trinajstić information content (AvgIpc) is 3.04. The second-order valence-corrected chi connectivity index (χ2v) is 5.80. The van der Waals surface area contributed by atoms with Gasteiger partial charge in [0.05, 0.1) is 17.1 Å². The number of nitrogens with zero attached hydrogens (tertiary/aromatic N) is 1. The summed E-state index contributed by atoms with van der Waals surface area (Å²) < 4.78 is 37.0. The minimum atomic E-state index is -4.70. The molecule has 1 atom stereocenters. The second kappa shape index (κ2) is 6.41. The van der Waals surface area contributed by atoms with Crippen molar-refractivity contribution in [3.05, 3.63) is 28.3 Å². The van der Waals surface area contributed by atoms with Gasteiger partial charge in [0.25, 0.3) is 5.91 Å².